The number of nitrogens with zero attached hydrogens (tertiary/aromatic N) is 2. The monoisotopic (exact) mass is 265 g/mol. The highest BCUT2D eigenvalue weighted by molar-refractivity contribution is 5.74. The lowest BCUT2D eigenvalue weighted by molar-refractivity contribution is 0.198. The zero-order valence-corrected chi connectivity index (χ0v) is 12.0. The highest BCUT2D eigenvalue weighted by Gasteiger charge is 2.19. The number of nitrogens with one attached hydrogen (secondary N) is 1. The number of hydrogen-bond acceptors (Lipinski definition) is 3. The maximum atomic E-state index is 12.1. The second-order valence-corrected chi connectivity index (χ2v) is 5.44. The zero-order chi connectivity index (χ0) is 13.8. The van der Waals surface area contributed by atoms with Crippen LogP contribution in [0.3, 0.4) is 0 Å². The van der Waals surface area contributed by atoms with Crippen LogP contribution in [0.4, 0.5) is 4.79 Å². The Balaban J connectivity index is 1.88. The van der Waals surface area contributed by atoms with Crippen molar-refractivity contribution in [1.82, 2.24) is 15.4 Å². The highest BCUT2D eigenvalue weighted by Crippen LogP contribution is 2.18. The predicted molar refractivity (Wildman–Crippen MR) is 72.8 cm³/mol. The molecule has 0 radical (unpaired) electrons. The third kappa shape index (κ3) is 3.49. The molecule has 1 aliphatic rings. The van der Waals surface area contributed by atoms with E-state index < -0.39 is 0 Å². The lowest BCUT2D eigenvalue weighted by Crippen LogP contribution is -2.43. The van der Waals surface area contributed by atoms with Gasteiger partial charge in [-0.25, -0.2) is 4.79 Å². The summed E-state index contributed by atoms with van der Waals surface area (Å²) in [5, 5.41) is 7.02. The normalized spacial score (nSPS) is 16.4. The first kappa shape index (κ1) is 13.9. The lowest BCUT2D eigenvalue weighted by Gasteiger charge is -2.26. The fourth-order valence-corrected chi connectivity index (χ4v) is 2.57. The van der Waals surface area contributed by atoms with E-state index in [9.17, 15) is 4.79 Å². The predicted octanol–water partition coefficient (Wildman–Crippen LogP) is 2.77. The van der Waals surface area contributed by atoms with Gasteiger partial charge < -0.3 is 14.7 Å². The summed E-state index contributed by atoms with van der Waals surface area (Å²) in [6.45, 7) is 4.32. The van der Waals surface area contributed by atoms with Gasteiger partial charge in [-0.2, -0.15) is 0 Å². The third-order valence-electron chi connectivity index (χ3n) is 3.86. The number of amides is 2. The smallest absolute Gasteiger partial charge is 0.317 e. The number of carbonyl (C=O) groups is 1. The molecular formula is C14H23N3O2. The molecule has 2 rings (SSSR count). The molecule has 1 N–H and O–H groups in total. The molecule has 1 heterocycles. The Morgan fingerprint density at radius 1 is 1.37 bits per heavy atom. The van der Waals surface area contributed by atoms with E-state index in [0.717, 1.165) is 29.9 Å². The van der Waals surface area contributed by atoms with E-state index in [1.54, 1.807) is 4.90 Å². The molecule has 0 saturated heterocycles. The van der Waals surface area contributed by atoms with E-state index in [1.165, 1.54) is 19.3 Å². The molecule has 0 unspecified atom stereocenters. The van der Waals surface area contributed by atoms with Crippen molar-refractivity contribution in [3.05, 3.63) is 17.0 Å². The minimum absolute atomic E-state index is 0.00750. The first-order valence-corrected chi connectivity index (χ1v) is 7.01. The quantitative estimate of drug-likeness (QED) is 0.914. The van der Waals surface area contributed by atoms with Crippen molar-refractivity contribution in [2.24, 2.45) is 0 Å². The standard InChI is InChI=1S/C14H23N3O2/c1-10-13(11(2)19-16-10)9-17(3)14(18)15-12-7-5-4-6-8-12/h12H,4-9H2,1-3H3,(H,15,18). The van der Waals surface area contributed by atoms with E-state index in [0.29, 0.717) is 12.6 Å². The van der Waals surface area contributed by atoms with Crippen LogP contribution < -0.4 is 5.32 Å². The molecule has 0 spiro atoms. The van der Waals surface area contributed by atoms with Crippen molar-refractivity contribution >= 4 is 6.03 Å². The third-order valence-corrected chi connectivity index (χ3v) is 3.86. The number of urea groups is 1. The molecule has 0 atom stereocenters. The van der Waals surface area contributed by atoms with Gasteiger partial charge in [0.1, 0.15) is 5.76 Å². The number of aromatic nitrogens is 1. The molecule has 0 aliphatic heterocycles. The largest absolute Gasteiger partial charge is 0.361 e. The topological polar surface area (TPSA) is 58.4 Å². The van der Waals surface area contributed by atoms with Gasteiger partial charge in [0, 0.05) is 18.7 Å². The fourth-order valence-electron chi connectivity index (χ4n) is 2.57. The van der Waals surface area contributed by atoms with Crippen LogP contribution in [0.2, 0.25) is 0 Å². The molecule has 2 amide bonds. The summed E-state index contributed by atoms with van der Waals surface area (Å²) in [5.74, 6) is 0.787. The molecule has 19 heavy (non-hydrogen) atoms. The van der Waals surface area contributed by atoms with Gasteiger partial charge in [0.05, 0.1) is 12.2 Å². The zero-order valence-electron chi connectivity index (χ0n) is 12.0. The molecule has 5 heteroatoms. The van der Waals surface area contributed by atoms with Gasteiger partial charge in [0.2, 0.25) is 0 Å². The molecule has 1 fully saturated rings. The highest BCUT2D eigenvalue weighted by atomic mass is 16.5. The Hall–Kier alpha value is -1.52. The maximum absolute atomic E-state index is 12.1. The van der Waals surface area contributed by atoms with Crippen LogP contribution in [0.15, 0.2) is 4.52 Å². The van der Waals surface area contributed by atoms with Crippen molar-refractivity contribution in [3.8, 4) is 0 Å². The first-order chi connectivity index (χ1) is 9.08. The minimum Gasteiger partial charge on any atom is -0.361 e. The van der Waals surface area contributed by atoms with Crippen molar-refractivity contribution in [3.63, 3.8) is 0 Å². The van der Waals surface area contributed by atoms with Gasteiger partial charge in [-0.1, -0.05) is 24.4 Å². The van der Waals surface area contributed by atoms with Crippen LogP contribution in [-0.4, -0.2) is 29.2 Å². The second-order valence-electron chi connectivity index (χ2n) is 5.44. The lowest BCUT2D eigenvalue weighted by atomic mass is 9.96. The summed E-state index contributed by atoms with van der Waals surface area (Å²) in [5.41, 5.74) is 1.86. The van der Waals surface area contributed by atoms with Crippen LogP contribution in [0.1, 0.15) is 49.1 Å². The van der Waals surface area contributed by atoms with Gasteiger partial charge in [0.15, 0.2) is 0 Å². The van der Waals surface area contributed by atoms with E-state index in [4.69, 9.17) is 4.52 Å². The molecule has 0 aromatic carbocycles. The Bertz CT molecular complexity index is 416. The summed E-state index contributed by atoms with van der Waals surface area (Å²) in [6.07, 6.45) is 5.94. The summed E-state index contributed by atoms with van der Waals surface area (Å²) in [6, 6.07) is 0.334. The van der Waals surface area contributed by atoms with Gasteiger partial charge >= 0.3 is 6.03 Å². The van der Waals surface area contributed by atoms with Crippen molar-refractivity contribution in [2.75, 3.05) is 7.05 Å². The fraction of sp³-hybridized carbons (Fsp3) is 0.714. The Labute approximate surface area is 114 Å². The van der Waals surface area contributed by atoms with E-state index in [-0.39, 0.29) is 6.03 Å². The maximum Gasteiger partial charge on any atom is 0.317 e. The van der Waals surface area contributed by atoms with Gasteiger partial charge in [-0.05, 0) is 26.7 Å². The summed E-state index contributed by atoms with van der Waals surface area (Å²) < 4.78 is 5.12. The van der Waals surface area contributed by atoms with Gasteiger partial charge in [-0.3, -0.25) is 0 Å². The van der Waals surface area contributed by atoms with Crippen LogP contribution in [0.5, 0.6) is 0 Å². The van der Waals surface area contributed by atoms with Crippen molar-refractivity contribution < 1.29 is 9.32 Å². The summed E-state index contributed by atoms with van der Waals surface area (Å²) in [4.78, 5) is 13.8. The molecular weight excluding hydrogens is 242 g/mol. The Morgan fingerprint density at radius 2 is 2.05 bits per heavy atom. The van der Waals surface area contributed by atoms with Crippen molar-refractivity contribution in [1.29, 1.82) is 0 Å². The summed E-state index contributed by atoms with van der Waals surface area (Å²) >= 11 is 0. The SMILES string of the molecule is Cc1noc(C)c1CN(C)C(=O)NC1CCCCC1. The van der Waals surface area contributed by atoms with E-state index >= 15 is 0 Å². The Morgan fingerprint density at radius 3 is 2.63 bits per heavy atom. The van der Waals surface area contributed by atoms with Crippen LogP contribution >= 0.6 is 0 Å². The van der Waals surface area contributed by atoms with Crippen LogP contribution in [0.25, 0.3) is 0 Å². The molecule has 1 aliphatic carbocycles. The number of rotatable bonds is 3. The molecule has 5 nitrogen and oxygen atoms in total. The van der Waals surface area contributed by atoms with E-state index in [1.807, 2.05) is 20.9 Å². The molecule has 1 aromatic rings. The average Bonchev–Trinajstić information content (AvgIpc) is 2.71. The molecule has 1 aromatic heterocycles. The Kier molecular flexibility index (Phi) is 4.45. The summed E-state index contributed by atoms with van der Waals surface area (Å²) in [7, 11) is 1.81. The molecule has 0 bridgehead atoms. The average molecular weight is 265 g/mol. The number of carbonyl (C=O) groups excluding carboxylic acids is 1. The van der Waals surface area contributed by atoms with Gasteiger partial charge in [0.25, 0.3) is 0 Å². The molecule has 106 valence electrons. The van der Waals surface area contributed by atoms with Crippen LogP contribution in [-0.2, 0) is 6.54 Å². The van der Waals surface area contributed by atoms with Crippen molar-refractivity contribution in [2.45, 2.75) is 58.5 Å². The van der Waals surface area contributed by atoms with Gasteiger partial charge in [-0.15, -0.1) is 0 Å². The van der Waals surface area contributed by atoms with Crippen LogP contribution in [0, 0.1) is 13.8 Å². The molecule has 1 saturated carbocycles. The number of aryl methyl sites for hydroxylation is 2. The first-order valence-electron chi connectivity index (χ1n) is 7.01. The van der Waals surface area contributed by atoms with E-state index in [2.05, 4.69) is 10.5 Å². The number of hydrogen-bond donors (Lipinski definition) is 1. The second kappa shape index (κ2) is 6.08. The minimum atomic E-state index is -0.00750.